The van der Waals surface area contributed by atoms with E-state index in [-0.39, 0.29) is 11.5 Å². The highest BCUT2D eigenvalue weighted by atomic mass is 35.5. The minimum absolute atomic E-state index is 0.157. The maximum Gasteiger partial charge on any atom is 0.124 e. The quantitative estimate of drug-likeness (QED) is 0.277. The second-order valence-electron chi connectivity index (χ2n) is 7.59. The molecule has 0 aromatic heterocycles. The number of phenols is 2. The molecule has 5 aromatic rings. The topological polar surface area (TPSA) is 65.2 Å². The van der Waals surface area contributed by atoms with Crippen LogP contribution in [0.15, 0.2) is 101 Å². The van der Waals surface area contributed by atoms with Crippen LogP contribution < -0.4 is 0 Å². The molecule has 4 nitrogen and oxygen atoms in total. The van der Waals surface area contributed by atoms with E-state index in [0.717, 1.165) is 21.5 Å². The Hall–Kier alpha value is -4.15. The molecular formula is C28H19ClN2O2. The molecule has 0 saturated carbocycles. The summed E-state index contributed by atoms with van der Waals surface area (Å²) in [4.78, 5) is 8.99. The predicted octanol–water partition coefficient (Wildman–Crippen LogP) is 7.56. The average molecular weight is 451 g/mol. The molecular weight excluding hydrogens is 432 g/mol. The normalized spacial score (nSPS) is 11.8. The Labute approximate surface area is 195 Å². The molecule has 2 N–H and O–H groups in total. The van der Waals surface area contributed by atoms with Crippen LogP contribution in [0.2, 0.25) is 5.02 Å². The third-order valence-corrected chi connectivity index (χ3v) is 5.80. The monoisotopic (exact) mass is 450 g/mol. The lowest BCUT2D eigenvalue weighted by Crippen LogP contribution is -1.86. The van der Waals surface area contributed by atoms with Crippen molar-refractivity contribution >= 4 is 56.9 Å². The van der Waals surface area contributed by atoms with Crippen LogP contribution in [-0.4, -0.2) is 22.6 Å². The average Bonchev–Trinajstić information content (AvgIpc) is 2.84. The highest BCUT2D eigenvalue weighted by Crippen LogP contribution is 2.32. The third kappa shape index (κ3) is 4.16. The summed E-state index contributed by atoms with van der Waals surface area (Å²) in [6.45, 7) is 0. The molecule has 5 rings (SSSR count). The van der Waals surface area contributed by atoms with Crippen LogP contribution in [0.3, 0.4) is 0 Å². The summed E-state index contributed by atoms with van der Waals surface area (Å²) in [7, 11) is 0. The lowest BCUT2D eigenvalue weighted by Gasteiger charge is -2.06. The molecule has 0 amide bonds. The summed E-state index contributed by atoms with van der Waals surface area (Å²) in [5.41, 5.74) is 2.49. The van der Waals surface area contributed by atoms with E-state index >= 15 is 0 Å². The SMILES string of the molecule is Oc1ccc2ccccc2c1C=Nc1ccc(N=Cc2c(O)ccc3ccccc23)c(Cl)c1. The van der Waals surface area contributed by atoms with Crippen LogP contribution in [-0.2, 0) is 0 Å². The van der Waals surface area contributed by atoms with E-state index in [0.29, 0.717) is 27.5 Å². The van der Waals surface area contributed by atoms with Gasteiger partial charge in [0.1, 0.15) is 11.5 Å². The van der Waals surface area contributed by atoms with Gasteiger partial charge in [0.2, 0.25) is 0 Å². The maximum absolute atomic E-state index is 10.3. The Morgan fingerprint density at radius 2 is 1.15 bits per heavy atom. The minimum Gasteiger partial charge on any atom is -0.507 e. The van der Waals surface area contributed by atoms with E-state index < -0.39 is 0 Å². The van der Waals surface area contributed by atoms with Gasteiger partial charge in [0, 0.05) is 23.6 Å². The molecule has 33 heavy (non-hydrogen) atoms. The first kappa shape index (κ1) is 20.7. The van der Waals surface area contributed by atoms with Crippen LogP contribution in [0.4, 0.5) is 11.4 Å². The molecule has 0 saturated heterocycles. The number of fused-ring (bicyclic) bond motifs is 2. The van der Waals surface area contributed by atoms with Gasteiger partial charge in [-0.05, 0) is 51.9 Å². The largest absolute Gasteiger partial charge is 0.507 e. The van der Waals surface area contributed by atoms with Gasteiger partial charge in [0.15, 0.2) is 0 Å². The van der Waals surface area contributed by atoms with Crippen molar-refractivity contribution in [3.05, 3.63) is 107 Å². The van der Waals surface area contributed by atoms with Crippen LogP contribution in [0.1, 0.15) is 11.1 Å². The highest BCUT2D eigenvalue weighted by molar-refractivity contribution is 6.33. The third-order valence-electron chi connectivity index (χ3n) is 5.50. The number of benzene rings is 5. The molecule has 0 aliphatic rings. The predicted molar refractivity (Wildman–Crippen MR) is 137 cm³/mol. The fraction of sp³-hybridized carbons (Fsp3) is 0. The van der Waals surface area contributed by atoms with Gasteiger partial charge in [-0.15, -0.1) is 0 Å². The van der Waals surface area contributed by atoms with Crippen LogP contribution in [0, 0.1) is 0 Å². The first-order valence-electron chi connectivity index (χ1n) is 10.4. The first-order chi connectivity index (χ1) is 16.1. The molecule has 0 aliphatic carbocycles. The molecule has 0 bridgehead atoms. The van der Waals surface area contributed by atoms with Crippen LogP contribution in [0.5, 0.6) is 11.5 Å². The molecule has 0 heterocycles. The van der Waals surface area contributed by atoms with E-state index in [9.17, 15) is 10.2 Å². The van der Waals surface area contributed by atoms with Gasteiger partial charge in [0.25, 0.3) is 0 Å². The molecule has 0 radical (unpaired) electrons. The summed E-state index contributed by atoms with van der Waals surface area (Å²) in [5, 5.41) is 24.9. The Morgan fingerprint density at radius 1 is 0.606 bits per heavy atom. The van der Waals surface area contributed by atoms with Crippen molar-refractivity contribution in [2.75, 3.05) is 0 Å². The van der Waals surface area contributed by atoms with Gasteiger partial charge in [-0.25, -0.2) is 0 Å². The number of rotatable bonds is 4. The van der Waals surface area contributed by atoms with Crippen molar-refractivity contribution < 1.29 is 10.2 Å². The summed E-state index contributed by atoms with van der Waals surface area (Å²) < 4.78 is 0. The zero-order valence-corrected chi connectivity index (χ0v) is 18.2. The van der Waals surface area contributed by atoms with Crippen LogP contribution >= 0.6 is 11.6 Å². The summed E-state index contributed by atoms with van der Waals surface area (Å²) in [6, 6.07) is 28.0. The van der Waals surface area contributed by atoms with E-state index in [1.807, 2.05) is 60.7 Å². The first-order valence-corrected chi connectivity index (χ1v) is 10.8. The van der Waals surface area contributed by atoms with E-state index in [4.69, 9.17) is 11.6 Å². The van der Waals surface area contributed by atoms with Gasteiger partial charge in [-0.2, -0.15) is 0 Å². The lowest BCUT2D eigenvalue weighted by atomic mass is 10.0. The van der Waals surface area contributed by atoms with Crippen molar-refractivity contribution in [1.29, 1.82) is 0 Å². The van der Waals surface area contributed by atoms with Gasteiger partial charge >= 0.3 is 0 Å². The molecule has 5 aromatic carbocycles. The number of hydrogen-bond acceptors (Lipinski definition) is 4. The van der Waals surface area contributed by atoms with Crippen molar-refractivity contribution in [2.45, 2.75) is 0 Å². The molecule has 0 aliphatic heterocycles. The number of aromatic hydroxyl groups is 2. The zero-order chi connectivity index (χ0) is 22.8. The number of hydrogen-bond donors (Lipinski definition) is 2. The Kier molecular flexibility index (Phi) is 5.51. The van der Waals surface area contributed by atoms with E-state index in [2.05, 4.69) is 9.98 Å². The Bertz CT molecular complexity index is 1560. The standard InChI is InChI=1S/C28H19ClN2O2/c29-25-15-20(30-16-23-21-7-3-1-5-18(21)9-13-27(23)32)11-12-26(25)31-17-24-22-8-4-2-6-19(22)10-14-28(24)33/h1-17,32-33H. The van der Waals surface area contributed by atoms with Gasteiger partial charge in [0.05, 0.1) is 16.4 Å². The fourth-order valence-corrected chi connectivity index (χ4v) is 4.02. The van der Waals surface area contributed by atoms with Crippen molar-refractivity contribution in [3.8, 4) is 11.5 Å². The molecule has 5 heteroatoms. The second-order valence-corrected chi connectivity index (χ2v) is 8.00. The van der Waals surface area contributed by atoms with Crippen molar-refractivity contribution in [1.82, 2.24) is 0 Å². The molecule has 0 fully saturated rings. The summed E-state index contributed by atoms with van der Waals surface area (Å²) in [5.74, 6) is 0.323. The highest BCUT2D eigenvalue weighted by Gasteiger charge is 2.07. The van der Waals surface area contributed by atoms with Crippen LogP contribution in [0.25, 0.3) is 21.5 Å². The van der Waals surface area contributed by atoms with Gasteiger partial charge < -0.3 is 10.2 Å². The Morgan fingerprint density at radius 3 is 1.73 bits per heavy atom. The fourth-order valence-electron chi connectivity index (χ4n) is 3.79. The molecule has 160 valence electrons. The summed E-state index contributed by atoms with van der Waals surface area (Å²) >= 11 is 6.46. The lowest BCUT2D eigenvalue weighted by molar-refractivity contribution is 0.475. The Balaban J connectivity index is 1.45. The second kappa shape index (κ2) is 8.77. The summed E-state index contributed by atoms with van der Waals surface area (Å²) in [6.07, 6.45) is 3.26. The zero-order valence-electron chi connectivity index (χ0n) is 17.5. The van der Waals surface area contributed by atoms with Gasteiger partial charge in [-0.1, -0.05) is 72.3 Å². The molecule has 0 unspecified atom stereocenters. The van der Waals surface area contributed by atoms with Gasteiger partial charge in [-0.3, -0.25) is 9.98 Å². The molecule has 0 spiro atoms. The number of nitrogens with zero attached hydrogens (tertiary/aromatic N) is 2. The van der Waals surface area contributed by atoms with Crippen molar-refractivity contribution in [2.24, 2.45) is 9.98 Å². The number of aliphatic imine (C=N–C) groups is 2. The van der Waals surface area contributed by atoms with Crippen molar-refractivity contribution in [3.63, 3.8) is 0 Å². The number of halogens is 1. The minimum atomic E-state index is 0.157. The van der Waals surface area contributed by atoms with E-state index in [1.54, 1.807) is 42.8 Å². The van der Waals surface area contributed by atoms with E-state index in [1.165, 1.54) is 0 Å². The molecule has 0 atom stereocenters. The smallest absolute Gasteiger partial charge is 0.124 e. The number of phenolic OH excluding ortho intramolecular Hbond substituents is 2. The maximum atomic E-state index is 10.3.